The van der Waals surface area contributed by atoms with Crippen molar-refractivity contribution >= 4 is 49.5 Å². The van der Waals surface area contributed by atoms with E-state index in [1.54, 1.807) is 0 Å². The molecule has 4 aromatic rings. The van der Waals surface area contributed by atoms with Crippen molar-refractivity contribution in [1.29, 1.82) is 0 Å². The summed E-state index contributed by atoms with van der Waals surface area (Å²) in [6.45, 7) is 1.39. The maximum atomic E-state index is 12.7. The number of aromatic amines is 2. The second-order valence-electron chi connectivity index (χ2n) is 5.82. The lowest BCUT2D eigenvalue weighted by molar-refractivity contribution is -0.114. The van der Waals surface area contributed by atoms with E-state index in [2.05, 4.69) is 31.2 Å². The van der Waals surface area contributed by atoms with Gasteiger partial charge >= 0.3 is 0 Å². The van der Waals surface area contributed by atoms with Gasteiger partial charge < -0.3 is 15.3 Å². The number of rotatable bonds is 2. The molecule has 2 aromatic carbocycles. The first-order valence-corrected chi connectivity index (χ1v) is 8.54. The third-order valence-corrected chi connectivity index (χ3v) is 4.58. The first kappa shape index (κ1) is 15.7. The Morgan fingerprint density at radius 1 is 1.04 bits per heavy atom. The molecule has 3 N–H and O–H groups in total. The molecule has 0 saturated carbocycles. The van der Waals surface area contributed by atoms with Crippen LogP contribution < -0.4 is 10.9 Å². The Kier molecular flexibility index (Phi) is 3.69. The first-order valence-electron chi connectivity index (χ1n) is 7.75. The molecule has 2 aromatic heterocycles. The number of carbonyl (C=O) groups excluding carboxylic acids is 1. The highest BCUT2D eigenvalue weighted by molar-refractivity contribution is 9.10. The van der Waals surface area contributed by atoms with Crippen LogP contribution in [0.5, 0.6) is 0 Å². The number of hydrogen-bond donors (Lipinski definition) is 3. The molecule has 25 heavy (non-hydrogen) atoms. The minimum Gasteiger partial charge on any atom is -0.353 e. The third-order valence-electron chi connectivity index (χ3n) is 4.09. The third kappa shape index (κ3) is 2.64. The molecule has 0 atom stereocenters. The van der Waals surface area contributed by atoms with Crippen molar-refractivity contribution < 1.29 is 4.79 Å². The van der Waals surface area contributed by atoms with Gasteiger partial charge in [0, 0.05) is 27.9 Å². The number of pyridine rings is 1. The SMILES string of the molecule is CC(=O)Nc1c(-c2ccccc2)c2[nH]c3ccc(Br)cc3c2[nH]c1=O. The Morgan fingerprint density at radius 3 is 2.52 bits per heavy atom. The van der Waals surface area contributed by atoms with Crippen LogP contribution in [0, 0.1) is 0 Å². The molecular formula is C19H14BrN3O2. The molecule has 0 spiro atoms. The van der Waals surface area contributed by atoms with Gasteiger partial charge in [-0.2, -0.15) is 0 Å². The highest BCUT2D eigenvalue weighted by atomic mass is 79.9. The number of halogens is 1. The highest BCUT2D eigenvalue weighted by Gasteiger charge is 2.18. The van der Waals surface area contributed by atoms with Crippen molar-refractivity contribution in [2.75, 3.05) is 5.32 Å². The second kappa shape index (κ2) is 5.89. The van der Waals surface area contributed by atoms with Gasteiger partial charge in [-0.15, -0.1) is 0 Å². The van der Waals surface area contributed by atoms with Gasteiger partial charge in [-0.05, 0) is 23.8 Å². The van der Waals surface area contributed by atoms with Crippen molar-refractivity contribution in [1.82, 2.24) is 9.97 Å². The molecular weight excluding hydrogens is 382 g/mol. The van der Waals surface area contributed by atoms with E-state index in [0.29, 0.717) is 11.1 Å². The summed E-state index contributed by atoms with van der Waals surface area (Å²) in [5, 5.41) is 3.59. The van der Waals surface area contributed by atoms with Crippen LogP contribution in [0.4, 0.5) is 5.69 Å². The number of anilines is 1. The summed E-state index contributed by atoms with van der Waals surface area (Å²) in [5.74, 6) is -0.291. The first-order chi connectivity index (χ1) is 12.0. The van der Waals surface area contributed by atoms with Gasteiger partial charge in [-0.25, -0.2) is 0 Å². The van der Waals surface area contributed by atoms with Crippen LogP contribution in [0.2, 0.25) is 0 Å². The molecule has 5 nitrogen and oxygen atoms in total. The van der Waals surface area contributed by atoms with Gasteiger partial charge in [0.1, 0.15) is 5.69 Å². The number of aromatic nitrogens is 2. The average molecular weight is 396 g/mol. The lowest BCUT2D eigenvalue weighted by Gasteiger charge is -2.11. The van der Waals surface area contributed by atoms with Crippen molar-refractivity contribution in [3.05, 3.63) is 63.4 Å². The largest absolute Gasteiger partial charge is 0.353 e. The molecule has 0 aliphatic carbocycles. The summed E-state index contributed by atoms with van der Waals surface area (Å²) in [4.78, 5) is 30.6. The predicted octanol–water partition coefficient (Wildman–Crippen LogP) is 4.40. The quantitative estimate of drug-likeness (QED) is 0.470. The predicted molar refractivity (Wildman–Crippen MR) is 104 cm³/mol. The molecule has 0 saturated heterocycles. The van der Waals surface area contributed by atoms with E-state index in [0.717, 1.165) is 26.5 Å². The fraction of sp³-hybridized carbons (Fsp3) is 0.0526. The van der Waals surface area contributed by atoms with Crippen LogP contribution in [0.1, 0.15) is 6.92 Å². The lowest BCUT2D eigenvalue weighted by atomic mass is 10.0. The molecule has 0 radical (unpaired) electrons. The second-order valence-corrected chi connectivity index (χ2v) is 6.73. The molecule has 6 heteroatoms. The summed E-state index contributed by atoms with van der Waals surface area (Å²) < 4.78 is 0.925. The van der Waals surface area contributed by atoms with Crippen LogP contribution in [-0.2, 0) is 4.79 Å². The summed E-state index contributed by atoms with van der Waals surface area (Å²) in [5.41, 5.74) is 3.86. The number of carbonyl (C=O) groups is 1. The summed E-state index contributed by atoms with van der Waals surface area (Å²) in [6.07, 6.45) is 0. The summed E-state index contributed by atoms with van der Waals surface area (Å²) >= 11 is 3.47. The van der Waals surface area contributed by atoms with Gasteiger partial charge in [0.15, 0.2) is 0 Å². The smallest absolute Gasteiger partial charge is 0.272 e. The van der Waals surface area contributed by atoms with E-state index in [1.165, 1.54) is 6.92 Å². The number of H-pyrrole nitrogens is 2. The summed E-state index contributed by atoms with van der Waals surface area (Å²) in [6, 6.07) is 15.4. The van der Waals surface area contributed by atoms with E-state index in [-0.39, 0.29) is 17.2 Å². The Bertz CT molecular complexity index is 1180. The Balaban J connectivity index is 2.18. The fourth-order valence-corrected chi connectivity index (χ4v) is 3.45. The van der Waals surface area contributed by atoms with Gasteiger partial charge in [0.2, 0.25) is 5.91 Å². The van der Waals surface area contributed by atoms with Crippen LogP contribution in [-0.4, -0.2) is 15.9 Å². The van der Waals surface area contributed by atoms with E-state index in [1.807, 2.05) is 48.5 Å². The van der Waals surface area contributed by atoms with Crippen LogP contribution in [0.25, 0.3) is 33.1 Å². The van der Waals surface area contributed by atoms with E-state index in [9.17, 15) is 9.59 Å². The standard InChI is InChI=1S/C19H14BrN3O2/c1-10(24)21-18-15(11-5-3-2-4-6-11)17-16(23-19(18)25)13-9-12(20)7-8-14(13)22-17/h2-9,22H,1H3,(H,21,24)(H,23,25). The topological polar surface area (TPSA) is 77.8 Å². The average Bonchev–Trinajstić information content (AvgIpc) is 2.93. The van der Waals surface area contributed by atoms with E-state index >= 15 is 0 Å². The van der Waals surface area contributed by atoms with Crippen molar-refractivity contribution in [3.63, 3.8) is 0 Å². The zero-order chi connectivity index (χ0) is 17.6. The maximum Gasteiger partial charge on any atom is 0.272 e. The van der Waals surface area contributed by atoms with Crippen molar-refractivity contribution in [2.45, 2.75) is 6.92 Å². The van der Waals surface area contributed by atoms with Gasteiger partial charge in [0.25, 0.3) is 5.56 Å². The Morgan fingerprint density at radius 2 is 1.80 bits per heavy atom. The van der Waals surface area contributed by atoms with Crippen molar-refractivity contribution in [2.24, 2.45) is 0 Å². The van der Waals surface area contributed by atoms with Crippen LogP contribution in [0.3, 0.4) is 0 Å². The molecule has 1 amide bonds. The molecule has 0 bridgehead atoms. The number of amides is 1. The van der Waals surface area contributed by atoms with E-state index < -0.39 is 0 Å². The van der Waals surface area contributed by atoms with Gasteiger partial charge in [-0.1, -0.05) is 46.3 Å². The van der Waals surface area contributed by atoms with Crippen LogP contribution in [0.15, 0.2) is 57.8 Å². The Labute approximate surface area is 151 Å². The highest BCUT2D eigenvalue weighted by Crippen LogP contribution is 2.35. The maximum absolute atomic E-state index is 12.7. The minimum absolute atomic E-state index is 0.247. The number of nitrogens with one attached hydrogen (secondary N) is 3. The molecule has 2 heterocycles. The summed E-state index contributed by atoms with van der Waals surface area (Å²) in [7, 11) is 0. The molecule has 124 valence electrons. The number of fused-ring (bicyclic) bond motifs is 3. The van der Waals surface area contributed by atoms with Crippen LogP contribution >= 0.6 is 15.9 Å². The molecule has 0 fully saturated rings. The minimum atomic E-state index is -0.331. The molecule has 0 aliphatic rings. The lowest BCUT2D eigenvalue weighted by Crippen LogP contribution is -2.18. The number of benzene rings is 2. The van der Waals surface area contributed by atoms with Gasteiger partial charge in [-0.3, -0.25) is 9.59 Å². The molecule has 0 aliphatic heterocycles. The van der Waals surface area contributed by atoms with Gasteiger partial charge in [0.05, 0.1) is 11.0 Å². The Hall–Kier alpha value is -2.86. The number of hydrogen-bond acceptors (Lipinski definition) is 2. The monoisotopic (exact) mass is 395 g/mol. The zero-order valence-corrected chi connectivity index (χ0v) is 14.9. The fourth-order valence-electron chi connectivity index (χ4n) is 3.08. The molecule has 0 unspecified atom stereocenters. The van der Waals surface area contributed by atoms with Crippen molar-refractivity contribution in [3.8, 4) is 11.1 Å². The van der Waals surface area contributed by atoms with E-state index in [4.69, 9.17) is 0 Å². The normalized spacial score (nSPS) is 11.1. The zero-order valence-electron chi connectivity index (χ0n) is 13.3. The molecule has 4 rings (SSSR count).